The molecular formula is C16H23N3O. The lowest BCUT2D eigenvalue weighted by atomic mass is 10.0. The van der Waals surface area contributed by atoms with Crippen molar-refractivity contribution in [2.45, 2.75) is 46.3 Å². The third-order valence-electron chi connectivity index (χ3n) is 3.39. The van der Waals surface area contributed by atoms with Gasteiger partial charge in [-0.3, -0.25) is 4.79 Å². The van der Waals surface area contributed by atoms with Gasteiger partial charge in [0.1, 0.15) is 0 Å². The SMILES string of the molecule is CC(C)C(N)C(=O)N(Cc1ccccc1C#N)C(C)C. The maximum atomic E-state index is 12.4. The Balaban J connectivity index is 2.99. The van der Waals surface area contributed by atoms with Gasteiger partial charge in [0.2, 0.25) is 5.91 Å². The summed E-state index contributed by atoms with van der Waals surface area (Å²) >= 11 is 0. The number of nitrogens with zero attached hydrogens (tertiary/aromatic N) is 2. The zero-order chi connectivity index (χ0) is 15.3. The molecule has 0 aliphatic rings. The summed E-state index contributed by atoms with van der Waals surface area (Å²) in [7, 11) is 0. The average Bonchev–Trinajstić information content (AvgIpc) is 2.43. The quantitative estimate of drug-likeness (QED) is 0.894. The molecule has 1 aromatic carbocycles. The van der Waals surface area contributed by atoms with Crippen molar-refractivity contribution in [2.75, 3.05) is 0 Å². The predicted molar refractivity (Wildman–Crippen MR) is 79.7 cm³/mol. The molecule has 1 unspecified atom stereocenters. The minimum Gasteiger partial charge on any atom is -0.335 e. The van der Waals surface area contributed by atoms with Gasteiger partial charge in [-0.2, -0.15) is 5.26 Å². The van der Waals surface area contributed by atoms with E-state index in [1.165, 1.54) is 0 Å². The van der Waals surface area contributed by atoms with Gasteiger partial charge >= 0.3 is 0 Å². The third-order valence-corrected chi connectivity index (χ3v) is 3.39. The number of amides is 1. The van der Waals surface area contributed by atoms with E-state index in [2.05, 4.69) is 6.07 Å². The van der Waals surface area contributed by atoms with Crippen molar-refractivity contribution in [1.82, 2.24) is 4.90 Å². The fraction of sp³-hybridized carbons (Fsp3) is 0.500. The molecule has 2 N–H and O–H groups in total. The third kappa shape index (κ3) is 3.82. The van der Waals surface area contributed by atoms with Gasteiger partial charge in [-0.15, -0.1) is 0 Å². The van der Waals surface area contributed by atoms with Crippen molar-refractivity contribution in [3.05, 3.63) is 35.4 Å². The summed E-state index contributed by atoms with van der Waals surface area (Å²) in [6.45, 7) is 8.20. The van der Waals surface area contributed by atoms with E-state index in [1.807, 2.05) is 45.9 Å². The summed E-state index contributed by atoms with van der Waals surface area (Å²) in [5.41, 5.74) is 7.42. The van der Waals surface area contributed by atoms with Gasteiger partial charge in [-0.1, -0.05) is 32.0 Å². The molecule has 0 heterocycles. The molecule has 0 aliphatic heterocycles. The first kappa shape index (κ1) is 16.2. The molecule has 0 aromatic heterocycles. The van der Waals surface area contributed by atoms with E-state index in [1.54, 1.807) is 11.0 Å². The summed E-state index contributed by atoms with van der Waals surface area (Å²) in [6.07, 6.45) is 0. The molecule has 0 saturated carbocycles. The Labute approximate surface area is 121 Å². The van der Waals surface area contributed by atoms with E-state index in [-0.39, 0.29) is 17.9 Å². The van der Waals surface area contributed by atoms with Crippen molar-refractivity contribution in [3.8, 4) is 6.07 Å². The van der Waals surface area contributed by atoms with Crippen LogP contribution in [0.4, 0.5) is 0 Å². The van der Waals surface area contributed by atoms with Crippen LogP contribution < -0.4 is 5.73 Å². The molecular weight excluding hydrogens is 250 g/mol. The summed E-state index contributed by atoms with van der Waals surface area (Å²) in [4.78, 5) is 14.2. The van der Waals surface area contributed by atoms with Crippen LogP contribution in [0, 0.1) is 17.2 Å². The number of carbonyl (C=O) groups is 1. The molecule has 4 nitrogen and oxygen atoms in total. The van der Waals surface area contributed by atoms with Crippen molar-refractivity contribution in [3.63, 3.8) is 0 Å². The number of nitriles is 1. The Morgan fingerprint density at radius 2 is 1.90 bits per heavy atom. The van der Waals surface area contributed by atoms with Crippen molar-refractivity contribution in [2.24, 2.45) is 11.7 Å². The molecule has 1 aromatic rings. The lowest BCUT2D eigenvalue weighted by Gasteiger charge is -2.31. The average molecular weight is 273 g/mol. The molecule has 4 heteroatoms. The second-order valence-electron chi connectivity index (χ2n) is 5.60. The van der Waals surface area contributed by atoms with Crippen LogP contribution in [0.15, 0.2) is 24.3 Å². The summed E-state index contributed by atoms with van der Waals surface area (Å²) in [5.74, 6) is 0.0257. The van der Waals surface area contributed by atoms with Gasteiger partial charge in [0.05, 0.1) is 17.7 Å². The summed E-state index contributed by atoms with van der Waals surface area (Å²) in [5, 5.41) is 9.13. The first-order valence-electron chi connectivity index (χ1n) is 6.92. The molecule has 0 spiro atoms. The van der Waals surface area contributed by atoms with Gasteiger partial charge in [-0.25, -0.2) is 0 Å². The van der Waals surface area contributed by atoms with Crippen LogP contribution in [0.1, 0.15) is 38.8 Å². The second-order valence-corrected chi connectivity index (χ2v) is 5.60. The first-order valence-corrected chi connectivity index (χ1v) is 6.92. The van der Waals surface area contributed by atoms with Crippen LogP contribution in [0.3, 0.4) is 0 Å². The molecule has 0 aliphatic carbocycles. The van der Waals surface area contributed by atoms with Crippen molar-refractivity contribution < 1.29 is 4.79 Å². The number of hydrogen-bond donors (Lipinski definition) is 1. The lowest BCUT2D eigenvalue weighted by molar-refractivity contribution is -0.136. The van der Waals surface area contributed by atoms with E-state index in [4.69, 9.17) is 11.0 Å². The van der Waals surface area contributed by atoms with Gasteiger partial charge in [-0.05, 0) is 31.4 Å². The van der Waals surface area contributed by atoms with Crippen LogP contribution in [0.5, 0.6) is 0 Å². The monoisotopic (exact) mass is 273 g/mol. The standard InChI is InChI=1S/C16H23N3O/c1-11(2)15(18)16(20)19(12(3)4)10-14-8-6-5-7-13(14)9-17/h5-8,11-12,15H,10,18H2,1-4H3. The number of carbonyl (C=O) groups excluding carboxylic acids is 1. The maximum Gasteiger partial charge on any atom is 0.240 e. The van der Waals surface area contributed by atoms with E-state index in [0.29, 0.717) is 12.1 Å². The fourth-order valence-electron chi connectivity index (χ4n) is 1.94. The number of hydrogen-bond acceptors (Lipinski definition) is 3. The van der Waals surface area contributed by atoms with Gasteiger partial charge in [0, 0.05) is 12.6 Å². The second kappa shape index (κ2) is 7.06. The van der Waals surface area contributed by atoms with Crippen molar-refractivity contribution >= 4 is 5.91 Å². The zero-order valence-corrected chi connectivity index (χ0v) is 12.6. The Morgan fingerprint density at radius 1 is 1.30 bits per heavy atom. The molecule has 1 rings (SSSR count). The maximum absolute atomic E-state index is 12.4. The Hall–Kier alpha value is -1.86. The predicted octanol–water partition coefficient (Wildman–Crippen LogP) is 2.28. The number of rotatable bonds is 5. The van der Waals surface area contributed by atoms with Crippen LogP contribution in [-0.2, 0) is 11.3 Å². The van der Waals surface area contributed by atoms with Crippen LogP contribution in [-0.4, -0.2) is 22.9 Å². The van der Waals surface area contributed by atoms with Gasteiger partial charge < -0.3 is 10.6 Å². The first-order chi connectivity index (χ1) is 9.38. The van der Waals surface area contributed by atoms with E-state index >= 15 is 0 Å². The highest BCUT2D eigenvalue weighted by atomic mass is 16.2. The fourth-order valence-corrected chi connectivity index (χ4v) is 1.94. The van der Waals surface area contributed by atoms with E-state index in [9.17, 15) is 4.79 Å². The van der Waals surface area contributed by atoms with E-state index in [0.717, 1.165) is 5.56 Å². The minimum absolute atomic E-state index is 0.0408. The van der Waals surface area contributed by atoms with E-state index < -0.39 is 6.04 Å². The normalized spacial score (nSPS) is 12.3. The molecule has 0 saturated heterocycles. The smallest absolute Gasteiger partial charge is 0.240 e. The van der Waals surface area contributed by atoms with Crippen LogP contribution in [0.2, 0.25) is 0 Å². The van der Waals surface area contributed by atoms with Gasteiger partial charge in [0.25, 0.3) is 0 Å². The van der Waals surface area contributed by atoms with Gasteiger partial charge in [0.15, 0.2) is 0 Å². The number of benzene rings is 1. The lowest BCUT2D eigenvalue weighted by Crippen LogP contribution is -2.48. The topological polar surface area (TPSA) is 70.1 Å². The van der Waals surface area contributed by atoms with Crippen LogP contribution >= 0.6 is 0 Å². The molecule has 20 heavy (non-hydrogen) atoms. The Kier molecular flexibility index (Phi) is 5.72. The molecule has 1 amide bonds. The molecule has 1 atom stereocenters. The largest absolute Gasteiger partial charge is 0.335 e. The molecule has 0 radical (unpaired) electrons. The van der Waals surface area contributed by atoms with Crippen molar-refractivity contribution in [1.29, 1.82) is 5.26 Å². The number of nitrogens with two attached hydrogens (primary N) is 1. The highest BCUT2D eigenvalue weighted by Crippen LogP contribution is 2.15. The Bertz CT molecular complexity index is 503. The minimum atomic E-state index is -0.508. The highest BCUT2D eigenvalue weighted by molar-refractivity contribution is 5.82. The summed E-state index contributed by atoms with van der Waals surface area (Å²) < 4.78 is 0. The summed E-state index contributed by atoms with van der Waals surface area (Å²) in [6, 6.07) is 9.04. The molecule has 0 bridgehead atoms. The van der Waals surface area contributed by atoms with Crippen LogP contribution in [0.25, 0.3) is 0 Å². The highest BCUT2D eigenvalue weighted by Gasteiger charge is 2.26. The zero-order valence-electron chi connectivity index (χ0n) is 12.6. The Morgan fingerprint density at radius 3 is 2.40 bits per heavy atom. The molecule has 0 fully saturated rings. The molecule has 108 valence electrons.